The second-order valence-corrected chi connectivity index (χ2v) is 8.91. The quantitative estimate of drug-likeness (QED) is 0.410. The van der Waals surface area contributed by atoms with Gasteiger partial charge in [0.15, 0.2) is 6.29 Å². The van der Waals surface area contributed by atoms with Crippen molar-refractivity contribution < 1.29 is 14.4 Å². The second kappa shape index (κ2) is 13.2. The number of rotatable bonds is 10. The molecule has 1 aromatic heterocycles. The lowest BCUT2D eigenvalue weighted by Gasteiger charge is -2.33. The molecule has 1 amide bonds. The van der Waals surface area contributed by atoms with Crippen molar-refractivity contribution in [3.05, 3.63) is 60.1 Å². The molecule has 1 aromatic carbocycles. The standard InChI is InChI=1S/C26H35N5O3/c32-25(30-34-26-12-4-5-17-33-26)14-13-22-18-28-24(19-27-22)29-23-11-7-16-31(20-23)15-6-10-21-8-2-1-3-9-21/h1-3,8-9,13-14,18-19,23,26H,4-7,10-12,15-17,20H2,(H,28,29)(H,30,32)/t23-,26?/m1/s1. The Bertz CT molecular complexity index is 900. The van der Waals surface area contributed by atoms with Crippen molar-refractivity contribution in [3.8, 4) is 0 Å². The summed E-state index contributed by atoms with van der Waals surface area (Å²) in [6, 6.07) is 11.0. The first-order valence-corrected chi connectivity index (χ1v) is 12.3. The minimum absolute atomic E-state index is 0.354. The molecule has 2 aliphatic rings. The number of likely N-dealkylation sites (tertiary alicyclic amines) is 1. The van der Waals surface area contributed by atoms with Gasteiger partial charge in [-0.25, -0.2) is 15.3 Å². The van der Waals surface area contributed by atoms with Crippen LogP contribution in [-0.2, 0) is 20.8 Å². The van der Waals surface area contributed by atoms with Crippen molar-refractivity contribution in [2.75, 3.05) is 31.6 Å². The number of hydroxylamine groups is 1. The highest BCUT2D eigenvalue weighted by atomic mass is 16.8. The zero-order valence-corrected chi connectivity index (χ0v) is 19.7. The summed E-state index contributed by atoms with van der Waals surface area (Å²) in [5, 5.41) is 3.52. The largest absolute Gasteiger partial charge is 0.365 e. The van der Waals surface area contributed by atoms with Gasteiger partial charge in [-0.3, -0.25) is 9.78 Å². The molecule has 4 rings (SSSR count). The molecule has 2 atom stereocenters. The lowest BCUT2D eigenvalue weighted by Crippen LogP contribution is -2.42. The van der Waals surface area contributed by atoms with Crippen LogP contribution >= 0.6 is 0 Å². The van der Waals surface area contributed by atoms with E-state index in [1.807, 2.05) is 0 Å². The minimum Gasteiger partial charge on any atom is -0.365 e. The molecule has 0 radical (unpaired) electrons. The predicted molar refractivity (Wildman–Crippen MR) is 132 cm³/mol. The third-order valence-electron chi connectivity index (χ3n) is 6.15. The normalized spacial score (nSPS) is 21.4. The van der Waals surface area contributed by atoms with E-state index in [-0.39, 0.29) is 12.2 Å². The number of carbonyl (C=O) groups is 1. The summed E-state index contributed by atoms with van der Waals surface area (Å²) in [5.74, 6) is 0.406. The van der Waals surface area contributed by atoms with Gasteiger partial charge in [-0.2, -0.15) is 0 Å². The number of aromatic nitrogens is 2. The zero-order chi connectivity index (χ0) is 23.4. The van der Waals surface area contributed by atoms with Crippen LogP contribution in [0.5, 0.6) is 0 Å². The van der Waals surface area contributed by atoms with Gasteiger partial charge in [-0.15, -0.1) is 0 Å². The average molecular weight is 466 g/mol. The molecule has 3 heterocycles. The Labute approximate surface area is 201 Å². The van der Waals surface area contributed by atoms with Crippen LogP contribution in [0.3, 0.4) is 0 Å². The Hall–Kier alpha value is -2.81. The van der Waals surface area contributed by atoms with Gasteiger partial charge in [-0.05, 0) is 63.3 Å². The molecular weight excluding hydrogens is 430 g/mol. The number of nitrogens with one attached hydrogen (secondary N) is 2. The number of benzene rings is 1. The molecule has 0 spiro atoms. The first-order chi connectivity index (χ1) is 16.7. The maximum Gasteiger partial charge on any atom is 0.267 e. The van der Waals surface area contributed by atoms with E-state index < -0.39 is 0 Å². The smallest absolute Gasteiger partial charge is 0.267 e. The average Bonchev–Trinajstić information content (AvgIpc) is 2.89. The van der Waals surface area contributed by atoms with Gasteiger partial charge in [0.2, 0.25) is 0 Å². The van der Waals surface area contributed by atoms with Crippen molar-refractivity contribution in [2.24, 2.45) is 0 Å². The summed E-state index contributed by atoms with van der Waals surface area (Å²) in [6.45, 7) is 3.95. The van der Waals surface area contributed by atoms with Gasteiger partial charge >= 0.3 is 0 Å². The molecule has 2 aromatic rings. The van der Waals surface area contributed by atoms with Crippen LogP contribution in [0, 0.1) is 0 Å². The number of ether oxygens (including phenoxy) is 1. The molecule has 2 saturated heterocycles. The predicted octanol–water partition coefficient (Wildman–Crippen LogP) is 3.57. The van der Waals surface area contributed by atoms with E-state index in [9.17, 15) is 4.79 Å². The van der Waals surface area contributed by atoms with Crippen LogP contribution in [0.15, 0.2) is 48.8 Å². The Morgan fingerprint density at radius 1 is 1.15 bits per heavy atom. The first-order valence-electron chi connectivity index (χ1n) is 12.3. The van der Waals surface area contributed by atoms with Crippen molar-refractivity contribution in [2.45, 2.75) is 57.3 Å². The van der Waals surface area contributed by atoms with Crippen LogP contribution in [0.25, 0.3) is 6.08 Å². The number of nitrogens with zero attached hydrogens (tertiary/aromatic N) is 3. The van der Waals surface area contributed by atoms with Gasteiger partial charge in [0, 0.05) is 31.7 Å². The molecule has 8 heteroatoms. The lowest BCUT2D eigenvalue weighted by atomic mass is 10.0. The fourth-order valence-electron chi connectivity index (χ4n) is 4.36. The van der Waals surface area contributed by atoms with Gasteiger partial charge in [0.25, 0.3) is 5.91 Å². The number of amides is 1. The summed E-state index contributed by atoms with van der Waals surface area (Å²) in [7, 11) is 0. The third-order valence-corrected chi connectivity index (χ3v) is 6.15. The van der Waals surface area contributed by atoms with Gasteiger partial charge < -0.3 is 15.0 Å². The molecule has 2 fully saturated rings. The van der Waals surface area contributed by atoms with E-state index in [2.05, 4.69) is 56.0 Å². The molecular formula is C26H35N5O3. The van der Waals surface area contributed by atoms with Crippen LogP contribution in [-0.4, -0.2) is 59.3 Å². The number of hydrogen-bond donors (Lipinski definition) is 2. The van der Waals surface area contributed by atoms with Crippen molar-refractivity contribution in [1.82, 2.24) is 20.3 Å². The van der Waals surface area contributed by atoms with E-state index in [0.717, 1.165) is 57.6 Å². The molecule has 2 N–H and O–H groups in total. The highest BCUT2D eigenvalue weighted by Gasteiger charge is 2.20. The van der Waals surface area contributed by atoms with Crippen LogP contribution in [0.1, 0.15) is 49.8 Å². The Balaban J connectivity index is 1.16. The van der Waals surface area contributed by atoms with Gasteiger partial charge in [-0.1, -0.05) is 30.3 Å². The Kier molecular flexibility index (Phi) is 9.42. The maximum absolute atomic E-state index is 11.9. The molecule has 1 unspecified atom stereocenters. The summed E-state index contributed by atoms with van der Waals surface area (Å²) in [6.07, 6.45) is 13.5. The maximum atomic E-state index is 11.9. The lowest BCUT2D eigenvalue weighted by molar-refractivity contribution is -0.198. The summed E-state index contributed by atoms with van der Waals surface area (Å²) < 4.78 is 5.42. The molecule has 0 saturated carbocycles. The van der Waals surface area contributed by atoms with Gasteiger partial charge in [0.1, 0.15) is 5.82 Å². The third kappa shape index (κ3) is 8.20. The van der Waals surface area contributed by atoms with E-state index in [4.69, 9.17) is 9.57 Å². The monoisotopic (exact) mass is 465 g/mol. The number of anilines is 1. The van der Waals surface area contributed by atoms with Crippen LogP contribution in [0.2, 0.25) is 0 Å². The van der Waals surface area contributed by atoms with Crippen molar-refractivity contribution >= 4 is 17.8 Å². The number of aryl methyl sites for hydroxylation is 1. The number of piperidine rings is 1. The molecule has 0 bridgehead atoms. The minimum atomic E-state index is -0.365. The van der Waals surface area contributed by atoms with E-state index in [1.54, 1.807) is 18.5 Å². The SMILES string of the molecule is O=C(C=Cc1cnc(N[C@@H]2CCCN(CCCc3ccccc3)C2)cn1)NOC1CCCCO1. The van der Waals surface area contributed by atoms with Crippen LogP contribution in [0.4, 0.5) is 5.82 Å². The summed E-state index contributed by atoms with van der Waals surface area (Å²) in [4.78, 5) is 28.6. The molecule has 34 heavy (non-hydrogen) atoms. The number of carbonyl (C=O) groups excluding carboxylic acids is 1. The highest BCUT2D eigenvalue weighted by molar-refractivity contribution is 5.90. The van der Waals surface area contributed by atoms with E-state index in [1.165, 1.54) is 24.5 Å². The summed E-state index contributed by atoms with van der Waals surface area (Å²) in [5.41, 5.74) is 4.42. The fraction of sp³-hybridized carbons (Fsp3) is 0.500. The molecule has 2 aliphatic heterocycles. The van der Waals surface area contributed by atoms with Crippen molar-refractivity contribution in [1.29, 1.82) is 0 Å². The first kappa shape index (κ1) is 24.3. The van der Waals surface area contributed by atoms with Crippen LogP contribution < -0.4 is 10.8 Å². The van der Waals surface area contributed by atoms with E-state index >= 15 is 0 Å². The highest BCUT2D eigenvalue weighted by Crippen LogP contribution is 2.16. The zero-order valence-electron chi connectivity index (χ0n) is 19.7. The number of hydrogen-bond acceptors (Lipinski definition) is 7. The van der Waals surface area contributed by atoms with Crippen molar-refractivity contribution in [3.63, 3.8) is 0 Å². The second-order valence-electron chi connectivity index (χ2n) is 8.91. The Morgan fingerprint density at radius 2 is 2.06 bits per heavy atom. The molecule has 0 aliphatic carbocycles. The molecule has 8 nitrogen and oxygen atoms in total. The topological polar surface area (TPSA) is 88.6 Å². The summed E-state index contributed by atoms with van der Waals surface area (Å²) >= 11 is 0. The van der Waals surface area contributed by atoms with Gasteiger partial charge in [0.05, 0.1) is 18.1 Å². The Morgan fingerprint density at radius 3 is 2.85 bits per heavy atom. The fourth-order valence-corrected chi connectivity index (χ4v) is 4.36. The molecule has 182 valence electrons. The van der Waals surface area contributed by atoms with E-state index in [0.29, 0.717) is 18.3 Å².